The van der Waals surface area contributed by atoms with Crippen LogP contribution in [-0.2, 0) is 16.4 Å². The second-order valence-electron chi connectivity index (χ2n) is 7.53. The topological polar surface area (TPSA) is 99.3 Å². The SMILES string of the molecule is CCc1c(C(=O)N2CCC(NS(=O)(=O)c3ccc(F)cc3)CC2)[nH]c(C)c1C(C)=O. The van der Waals surface area contributed by atoms with Crippen molar-refractivity contribution in [3.63, 3.8) is 0 Å². The van der Waals surface area contributed by atoms with Crippen LogP contribution in [0.1, 0.15) is 58.8 Å². The van der Waals surface area contributed by atoms with Gasteiger partial charge in [-0.3, -0.25) is 9.59 Å². The first-order valence-electron chi connectivity index (χ1n) is 9.93. The lowest BCUT2D eigenvalue weighted by Crippen LogP contribution is -2.46. The van der Waals surface area contributed by atoms with Gasteiger partial charge in [0.05, 0.1) is 4.90 Å². The quantitative estimate of drug-likeness (QED) is 0.682. The highest BCUT2D eigenvalue weighted by atomic mass is 32.2. The summed E-state index contributed by atoms with van der Waals surface area (Å²) in [4.78, 5) is 29.7. The molecule has 1 saturated heterocycles. The number of amides is 1. The summed E-state index contributed by atoms with van der Waals surface area (Å²) in [5.41, 5.74) is 2.42. The van der Waals surface area contributed by atoms with Crippen LogP contribution >= 0.6 is 0 Å². The molecule has 0 bridgehead atoms. The Morgan fingerprint density at radius 2 is 1.80 bits per heavy atom. The van der Waals surface area contributed by atoms with Gasteiger partial charge < -0.3 is 9.88 Å². The minimum Gasteiger partial charge on any atom is -0.354 e. The molecular formula is C21H26FN3O4S. The number of sulfonamides is 1. The van der Waals surface area contributed by atoms with Crippen molar-refractivity contribution in [3.05, 3.63) is 52.6 Å². The predicted molar refractivity (Wildman–Crippen MR) is 111 cm³/mol. The molecule has 1 aromatic carbocycles. The maximum absolute atomic E-state index is 13.0. The van der Waals surface area contributed by atoms with Crippen molar-refractivity contribution >= 4 is 21.7 Å². The van der Waals surface area contributed by atoms with Crippen LogP contribution in [0.5, 0.6) is 0 Å². The number of benzene rings is 1. The zero-order valence-corrected chi connectivity index (χ0v) is 18.1. The Morgan fingerprint density at radius 1 is 1.20 bits per heavy atom. The predicted octanol–water partition coefficient (Wildman–Crippen LogP) is 2.81. The summed E-state index contributed by atoms with van der Waals surface area (Å²) in [6.07, 6.45) is 1.49. The molecule has 0 saturated carbocycles. The van der Waals surface area contributed by atoms with E-state index in [1.54, 1.807) is 11.8 Å². The van der Waals surface area contributed by atoms with E-state index in [4.69, 9.17) is 0 Å². The number of H-pyrrole nitrogens is 1. The van der Waals surface area contributed by atoms with Gasteiger partial charge in [0, 0.05) is 30.4 Å². The molecule has 1 amide bonds. The smallest absolute Gasteiger partial charge is 0.270 e. The van der Waals surface area contributed by atoms with Gasteiger partial charge in [0.25, 0.3) is 5.91 Å². The normalized spacial score (nSPS) is 15.4. The van der Waals surface area contributed by atoms with Gasteiger partial charge >= 0.3 is 0 Å². The summed E-state index contributed by atoms with van der Waals surface area (Å²) in [7, 11) is -3.75. The summed E-state index contributed by atoms with van der Waals surface area (Å²) < 4.78 is 40.7. The van der Waals surface area contributed by atoms with E-state index >= 15 is 0 Å². The first kappa shape index (κ1) is 22.2. The Bertz CT molecular complexity index is 1050. The number of aryl methyl sites for hydroxylation is 1. The molecule has 1 aliphatic heterocycles. The van der Waals surface area contributed by atoms with Crippen molar-refractivity contribution in [3.8, 4) is 0 Å². The zero-order valence-electron chi connectivity index (χ0n) is 17.3. The maximum atomic E-state index is 13.0. The summed E-state index contributed by atoms with van der Waals surface area (Å²) in [5.74, 6) is -0.754. The van der Waals surface area contributed by atoms with E-state index in [9.17, 15) is 22.4 Å². The zero-order chi connectivity index (χ0) is 22.1. The number of halogens is 1. The molecule has 1 aliphatic rings. The number of aromatic amines is 1. The third-order valence-electron chi connectivity index (χ3n) is 5.44. The third-order valence-corrected chi connectivity index (χ3v) is 6.97. The van der Waals surface area contributed by atoms with Crippen molar-refractivity contribution < 1.29 is 22.4 Å². The Morgan fingerprint density at radius 3 is 2.33 bits per heavy atom. The highest BCUT2D eigenvalue weighted by molar-refractivity contribution is 7.89. The molecule has 3 rings (SSSR count). The molecule has 0 radical (unpaired) electrons. The molecule has 30 heavy (non-hydrogen) atoms. The first-order valence-corrected chi connectivity index (χ1v) is 11.4. The molecular weight excluding hydrogens is 409 g/mol. The van der Waals surface area contributed by atoms with Crippen molar-refractivity contribution in [1.82, 2.24) is 14.6 Å². The van der Waals surface area contributed by atoms with Gasteiger partial charge in [0.1, 0.15) is 11.5 Å². The molecule has 2 N–H and O–H groups in total. The molecule has 2 heterocycles. The number of Topliss-reactive ketones (excluding diaryl/α,β-unsaturated/α-hetero) is 1. The molecule has 0 atom stereocenters. The number of nitrogens with one attached hydrogen (secondary N) is 2. The molecule has 1 fully saturated rings. The Hall–Kier alpha value is -2.52. The van der Waals surface area contributed by atoms with Crippen molar-refractivity contribution in [2.75, 3.05) is 13.1 Å². The Labute approximate surface area is 175 Å². The van der Waals surface area contributed by atoms with Gasteiger partial charge in [0.2, 0.25) is 10.0 Å². The lowest BCUT2D eigenvalue weighted by molar-refractivity contribution is 0.0705. The number of piperidine rings is 1. The van der Waals surface area contributed by atoms with Crippen LogP contribution in [-0.4, -0.2) is 49.1 Å². The van der Waals surface area contributed by atoms with E-state index in [1.807, 2.05) is 6.92 Å². The van der Waals surface area contributed by atoms with E-state index in [1.165, 1.54) is 19.1 Å². The average Bonchev–Trinajstić information content (AvgIpc) is 3.04. The van der Waals surface area contributed by atoms with E-state index < -0.39 is 15.8 Å². The Kier molecular flexibility index (Phi) is 6.42. The summed E-state index contributed by atoms with van der Waals surface area (Å²) in [6.45, 7) is 5.96. The summed E-state index contributed by atoms with van der Waals surface area (Å²) in [6, 6.07) is 4.35. The van der Waals surface area contributed by atoms with Gasteiger partial charge in [-0.05, 0) is 62.9 Å². The van der Waals surface area contributed by atoms with Gasteiger partial charge in [-0.15, -0.1) is 0 Å². The molecule has 0 spiro atoms. The molecule has 2 aromatic rings. The molecule has 9 heteroatoms. The molecule has 162 valence electrons. The van der Waals surface area contributed by atoms with Crippen LogP contribution < -0.4 is 4.72 Å². The summed E-state index contributed by atoms with van der Waals surface area (Å²) in [5, 5.41) is 0. The number of nitrogens with zero attached hydrogens (tertiary/aromatic N) is 1. The Balaban J connectivity index is 1.67. The molecule has 7 nitrogen and oxygen atoms in total. The van der Waals surface area contributed by atoms with Crippen molar-refractivity contribution in [1.29, 1.82) is 0 Å². The second-order valence-corrected chi connectivity index (χ2v) is 9.24. The first-order chi connectivity index (χ1) is 14.1. The fourth-order valence-electron chi connectivity index (χ4n) is 3.95. The highest BCUT2D eigenvalue weighted by Crippen LogP contribution is 2.23. The fourth-order valence-corrected chi connectivity index (χ4v) is 5.25. The fraction of sp³-hybridized carbons (Fsp3) is 0.429. The van der Waals surface area contributed by atoms with Crippen LogP contribution in [0.2, 0.25) is 0 Å². The van der Waals surface area contributed by atoms with Gasteiger partial charge in [0.15, 0.2) is 5.78 Å². The minimum absolute atomic E-state index is 0.00798. The van der Waals surface area contributed by atoms with Crippen LogP contribution in [0.15, 0.2) is 29.2 Å². The van der Waals surface area contributed by atoms with Crippen molar-refractivity contribution in [2.24, 2.45) is 0 Å². The van der Waals surface area contributed by atoms with E-state index in [0.717, 1.165) is 17.7 Å². The van der Waals surface area contributed by atoms with Gasteiger partial charge in [-0.25, -0.2) is 17.5 Å². The van der Waals surface area contributed by atoms with Gasteiger partial charge in [-0.2, -0.15) is 0 Å². The number of carbonyl (C=O) groups is 2. The van der Waals surface area contributed by atoms with Crippen LogP contribution in [0.3, 0.4) is 0 Å². The monoisotopic (exact) mass is 435 g/mol. The second kappa shape index (κ2) is 8.69. The molecule has 0 aliphatic carbocycles. The highest BCUT2D eigenvalue weighted by Gasteiger charge is 2.30. The number of rotatable bonds is 6. The number of carbonyl (C=O) groups excluding carboxylic acids is 2. The summed E-state index contributed by atoms with van der Waals surface area (Å²) >= 11 is 0. The van der Waals surface area contributed by atoms with Crippen LogP contribution in [0.4, 0.5) is 4.39 Å². The average molecular weight is 436 g/mol. The standard InChI is InChI=1S/C21H26FN3O4S/c1-4-18-19(14(3)26)13(2)23-20(18)21(27)25-11-9-16(10-12-25)24-30(28,29)17-7-5-15(22)6-8-17/h5-8,16,23-24H,4,9-12H2,1-3H3. The van der Waals surface area contributed by atoms with E-state index in [-0.39, 0.29) is 22.6 Å². The number of likely N-dealkylation sites (tertiary alicyclic amines) is 1. The largest absolute Gasteiger partial charge is 0.354 e. The van der Waals surface area contributed by atoms with E-state index in [2.05, 4.69) is 9.71 Å². The van der Waals surface area contributed by atoms with Crippen molar-refractivity contribution in [2.45, 2.75) is 51.0 Å². The number of hydrogen-bond donors (Lipinski definition) is 2. The lowest BCUT2D eigenvalue weighted by atomic mass is 10.0. The van der Waals surface area contributed by atoms with Crippen LogP contribution in [0.25, 0.3) is 0 Å². The van der Waals surface area contributed by atoms with Crippen LogP contribution in [0, 0.1) is 12.7 Å². The van der Waals surface area contributed by atoms with E-state index in [0.29, 0.717) is 49.3 Å². The number of ketones is 1. The van der Waals surface area contributed by atoms with Gasteiger partial charge in [-0.1, -0.05) is 6.92 Å². The maximum Gasteiger partial charge on any atom is 0.270 e. The molecule has 0 unspecified atom stereocenters. The number of aromatic nitrogens is 1. The lowest BCUT2D eigenvalue weighted by Gasteiger charge is -2.32. The number of hydrogen-bond acceptors (Lipinski definition) is 4. The molecule has 1 aromatic heterocycles. The minimum atomic E-state index is -3.75. The third kappa shape index (κ3) is 4.46.